The first kappa shape index (κ1) is 27.7. The lowest BCUT2D eigenvalue weighted by molar-refractivity contribution is -0.132. The Kier molecular flexibility index (Phi) is 8.86. The molecule has 7 nitrogen and oxygen atoms in total. The van der Waals surface area contributed by atoms with Gasteiger partial charge in [0, 0.05) is 41.8 Å². The molecule has 4 rings (SSSR count). The van der Waals surface area contributed by atoms with Gasteiger partial charge < -0.3 is 24.3 Å². The van der Waals surface area contributed by atoms with E-state index in [-0.39, 0.29) is 30.0 Å². The van der Waals surface area contributed by atoms with Gasteiger partial charge >= 0.3 is 0 Å². The molecule has 2 amide bonds. The lowest BCUT2D eigenvalue weighted by atomic mass is 10.1. The number of para-hydroxylation sites is 1. The second kappa shape index (κ2) is 12.5. The summed E-state index contributed by atoms with van der Waals surface area (Å²) in [7, 11) is 3.14. The predicted octanol–water partition coefficient (Wildman–Crippen LogP) is 5.45. The van der Waals surface area contributed by atoms with Crippen molar-refractivity contribution in [2.75, 3.05) is 27.3 Å². The highest BCUT2D eigenvalue weighted by molar-refractivity contribution is 5.96. The first-order chi connectivity index (χ1) is 18.8. The highest BCUT2D eigenvalue weighted by atomic mass is 19.1. The van der Waals surface area contributed by atoms with Crippen LogP contribution in [0.1, 0.15) is 35.3 Å². The zero-order valence-corrected chi connectivity index (χ0v) is 22.7. The van der Waals surface area contributed by atoms with Gasteiger partial charge in [-0.25, -0.2) is 4.39 Å². The quantitative estimate of drug-likeness (QED) is 0.280. The molecule has 0 fully saturated rings. The van der Waals surface area contributed by atoms with Gasteiger partial charge in [-0.1, -0.05) is 30.3 Å². The Morgan fingerprint density at radius 1 is 0.949 bits per heavy atom. The number of aromatic amines is 1. The van der Waals surface area contributed by atoms with E-state index < -0.39 is 5.82 Å². The van der Waals surface area contributed by atoms with Crippen molar-refractivity contribution in [3.63, 3.8) is 0 Å². The molecule has 0 aliphatic heterocycles. The number of hydrogen-bond acceptors (Lipinski definition) is 4. The Morgan fingerprint density at radius 3 is 2.44 bits per heavy atom. The zero-order chi connectivity index (χ0) is 27.9. The minimum absolute atomic E-state index is 0.131. The largest absolute Gasteiger partial charge is 0.493 e. The van der Waals surface area contributed by atoms with Gasteiger partial charge in [0.05, 0.1) is 14.2 Å². The highest BCUT2D eigenvalue weighted by Gasteiger charge is 2.25. The number of carbonyl (C=O) groups excluding carboxylic acids is 2. The van der Waals surface area contributed by atoms with Gasteiger partial charge in [-0.3, -0.25) is 9.59 Å². The van der Waals surface area contributed by atoms with Crippen LogP contribution >= 0.6 is 0 Å². The van der Waals surface area contributed by atoms with Crippen molar-refractivity contribution in [3.8, 4) is 11.5 Å². The molecule has 4 aromatic rings. The third-order valence-electron chi connectivity index (χ3n) is 6.76. The van der Waals surface area contributed by atoms with Gasteiger partial charge in [0.15, 0.2) is 11.5 Å². The Balaban J connectivity index is 1.59. The summed E-state index contributed by atoms with van der Waals surface area (Å²) < 4.78 is 24.6. The van der Waals surface area contributed by atoms with E-state index in [0.29, 0.717) is 31.0 Å². The maximum absolute atomic E-state index is 13.8. The van der Waals surface area contributed by atoms with Crippen LogP contribution in [0.15, 0.2) is 72.9 Å². The number of rotatable bonds is 11. The fraction of sp³-hybridized carbons (Fsp3) is 0.290. The van der Waals surface area contributed by atoms with Gasteiger partial charge in [0.25, 0.3) is 5.91 Å². The standard InChI is InChI=1S/C31H34FN3O4/c1-21(2)35(31(37)23-8-7-9-25(32)17-23)20-30(36)34(19-22-12-13-28(38-3)29(16-22)39-4)15-14-24-18-33-27-11-6-5-10-26(24)27/h5-13,16-18,21,33H,14-15,19-20H2,1-4H3. The summed E-state index contributed by atoms with van der Waals surface area (Å²) in [6.07, 6.45) is 2.60. The first-order valence-electron chi connectivity index (χ1n) is 12.9. The summed E-state index contributed by atoms with van der Waals surface area (Å²) >= 11 is 0. The number of nitrogens with one attached hydrogen (secondary N) is 1. The molecule has 0 saturated carbocycles. The van der Waals surface area contributed by atoms with E-state index in [0.717, 1.165) is 22.0 Å². The van der Waals surface area contributed by atoms with Crippen LogP contribution in [0.25, 0.3) is 10.9 Å². The molecule has 0 bridgehead atoms. The van der Waals surface area contributed by atoms with Crippen LogP contribution in [-0.4, -0.2) is 59.9 Å². The van der Waals surface area contributed by atoms with Crippen molar-refractivity contribution in [1.82, 2.24) is 14.8 Å². The number of benzene rings is 3. The summed E-state index contributed by atoms with van der Waals surface area (Å²) in [6, 6.07) is 18.9. The van der Waals surface area contributed by atoms with E-state index >= 15 is 0 Å². The number of carbonyl (C=O) groups is 2. The second-order valence-corrected chi connectivity index (χ2v) is 9.65. The molecule has 0 unspecified atom stereocenters. The van der Waals surface area contributed by atoms with Gasteiger partial charge in [-0.2, -0.15) is 0 Å². The number of H-pyrrole nitrogens is 1. The fourth-order valence-corrected chi connectivity index (χ4v) is 4.61. The average Bonchev–Trinajstić information content (AvgIpc) is 3.36. The van der Waals surface area contributed by atoms with Crippen molar-refractivity contribution in [3.05, 3.63) is 95.4 Å². The molecule has 3 aromatic carbocycles. The molecule has 39 heavy (non-hydrogen) atoms. The Labute approximate surface area is 228 Å². The third kappa shape index (κ3) is 6.57. The van der Waals surface area contributed by atoms with E-state index in [9.17, 15) is 14.0 Å². The molecule has 0 radical (unpaired) electrons. The van der Waals surface area contributed by atoms with E-state index in [4.69, 9.17) is 9.47 Å². The van der Waals surface area contributed by atoms with E-state index in [2.05, 4.69) is 11.1 Å². The number of ether oxygens (including phenoxy) is 2. The monoisotopic (exact) mass is 531 g/mol. The molecule has 8 heteroatoms. The minimum Gasteiger partial charge on any atom is -0.493 e. The van der Waals surface area contributed by atoms with E-state index in [1.807, 2.05) is 56.4 Å². The van der Waals surface area contributed by atoms with Crippen molar-refractivity contribution in [1.29, 1.82) is 0 Å². The summed E-state index contributed by atoms with van der Waals surface area (Å²) in [6.45, 7) is 4.31. The normalized spacial score (nSPS) is 11.0. The molecule has 204 valence electrons. The SMILES string of the molecule is COc1ccc(CN(CCc2c[nH]c3ccccc23)C(=O)CN(C(=O)c2cccc(F)c2)C(C)C)cc1OC. The number of halogens is 1. The van der Waals surface area contributed by atoms with Gasteiger partial charge in [-0.05, 0) is 67.8 Å². The van der Waals surface area contributed by atoms with Crippen LogP contribution in [0.2, 0.25) is 0 Å². The Morgan fingerprint density at radius 2 is 1.72 bits per heavy atom. The fourth-order valence-electron chi connectivity index (χ4n) is 4.61. The maximum atomic E-state index is 13.8. The lowest BCUT2D eigenvalue weighted by Gasteiger charge is -2.30. The third-order valence-corrected chi connectivity index (χ3v) is 6.76. The van der Waals surface area contributed by atoms with E-state index in [1.165, 1.54) is 23.1 Å². The molecule has 1 N–H and O–H groups in total. The van der Waals surface area contributed by atoms with Crippen LogP contribution < -0.4 is 9.47 Å². The lowest BCUT2D eigenvalue weighted by Crippen LogP contribution is -2.46. The minimum atomic E-state index is -0.496. The number of fused-ring (bicyclic) bond motifs is 1. The number of aromatic nitrogens is 1. The van der Waals surface area contributed by atoms with Crippen LogP contribution in [0.3, 0.4) is 0 Å². The smallest absolute Gasteiger partial charge is 0.254 e. The zero-order valence-electron chi connectivity index (χ0n) is 22.7. The molecule has 1 aromatic heterocycles. The molecule has 1 heterocycles. The van der Waals surface area contributed by atoms with Crippen molar-refractivity contribution >= 4 is 22.7 Å². The number of amides is 2. The molecule has 0 saturated heterocycles. The van der Waals surface area contributed by atoms with Crippen molar-refractivity contribution in [2.24, 2.45) is 0 Å². The first-order valence-corrected chi connectivity index (χ1v) is 12.9. The van der Waals surface area contributed by atoms with Gasteiger partial charge in [0.1, 0.15) is 12.4 Å². The molecule has 0 aliphatic carbocycles. The topological polar surface area (TPSA) is 74.9 Å². The van der Waals surface area contributed by atoms with Crippen molar-refractivity contribution < 1.29 is 23.5 Å². The Bertz CT molecular complexity index is 1450. The van der Waals surface area contributed by atoms with Gasteiger partial charge in [0.2, 0.25) is 5.91 Å². The van der Waals surface area contributed by atoms with Crippen LogP contribution in [0.4, 0.5) is 4.39 Å². The average molecular weight is 532 g/mol. The highest BCUT2D eigenvalue weighted by Crippen LogP contribution is 2.28. The van der Waals surface area contributed by atoms with Crippen molar-refractivity contribution in [2.45, 2.75) is 32.9 Å². The van der Waals surface area contributed by atoms with Gasteiger partial charge in [-0.15, -0.1) is 0 Å². The maximum Gasteiger partial charge on any atom is 0.254 e. The molecular formula is C31H34FN3O4. The van der Waals surface area contributed by atoms with E-state index in [1.54, 1.807) is 25.2 Å². The molecule has 0 aliphatic rings. The van der Waals surface area contributed by atoms with Crippen LogP contribution in [0.5, 0.6) is 11.5 Å². The summed E-state index contributed by atoms with van der Waals surface area (Å²) in [5, 5.41) is 1.11. The number of nitrogens with zero attached hydrogens (tertiary/aromatic N) is 2. The predicted molar refractivity (Wildman–Crippen MR) is 150 cm³/mol. The number of hydrogen-bond donors (Lipinski definition) is 1. The second-order valence-electron chi connectivity index (χ2n) is 9.65. The summed E-state index contributed by atoms with van der Waals surface area (Å²) in [5.41, 5.74) is 3.22. The summed E-state index contributed by atoms with van der Waals surface area (Å²) in [5.74, 6) is 0.0852. The Hall–Kier alpha value is -4.33. The van der Waals surface area contributed by atoms with Crippen LogP contribution in [-0.2, 0) is 17.8 Å². The molecule has 0 atom stereocenters. The number of methoxy groups -OCH3 is 2. The van der Waals surface area contributed by atoms with Crippen LogP contribution in [0, 0.1) is 5.82 Å². The summed E-state index contributed by atoms with van der Waals surface area (Å²) in [4.78, 5) is 33.5. The molecule has 0 spiro atoms. The molecular weight excluding hydrogens is 497 g/mol.